The molecule has 0 fully saturated rings. The topological polar surface area (TPSA) is 74.6 Å². The largest absolute Gasteiger partial charge is 1.00 e. The number of carboxylic acids is 2. The number of benzene rings is 1. The van der Waals surface area contributed by atoms with E-state index in [-0.39, 0.29) is 49.1 Å². The number of hydrogen-bond donors (Lipinski definition) is 2. The van der Waals surface area contributed by atoms with Gasteiger partial charge in [-0.05, 0) is 24.3 Å². The van der Waals surface area contributed by atoms with E-state index < -0.39 is 11.9 Å². The number of carboxylic acid groups (broad SMARTS) is 2. The molecule has 0 aromatic heterocycles. The SMILES string of the molecule is O=C(O)c1ccc(C(=O)O)cc1.[BH4-].[Na+]. The van der Waals surface area contributed by atoms with Crippen molar-refractivity contribution < 1.29 is 49.4 Å². The number of carbonyl (C=O) groups is 2. The number of aromatic carboxylic acids is 2. The first-order valence-corrected chi connectivity index (χ1v) is 3.18. The molecular weight excluding hydrogens is 194 g/mol. The molecule has 2 N–H and O–H groups in total. The van der Waals surface area contributed by atoms with Crippen LogP contribution >= 0.6 is 0 Å². The maximum atomic E-state index is 10.3. The molecule has 0 aliphatic heterocycles. The predicted molar refractivity (Wildman–Crippen MR) is 51.7 cm³/mol. The first-order chi connectivity index (χ1) is 5.61. The fourth-order valence-electron chi connectivity index (χ4n) is 0.755. The fourth-order valence-corrected chi connectivity index (χ4v) is 0.755. The molecule has 4 nitrogen and oxygen atoms in total. The third-order valence-corrected chi connectivity index (χ3v) is 1.38. The van der Waals surface area contributed by atoms with E-state index in [0.29, 0.717) is 0 Å². The van der Waals surface area contributed by atoms with Crippen molar-refractivity contribution in [2.75, 3.05) is 0 Å². The predicted octanol–water partition coefficient (Wildman–Crippen LogP) is -3.36. The maximum Gasteiger partial charge on any atom is 1.00 e. The zero-order chi connectivity index (χ0) is 9.14. The van der Waals surface area contributed by atoms with Crippen LogP contribution in [0.3, 0.4) is 0 Å². The molecule has 0 radical (unpaired) electrons. The van der Waals surface area contributed by atoms with Gasteiger partial charge >= 0.3 is 41.5 Å². The smallest absolute Gasteiger partial charge is 0.478 e. The summed E-state index contributed by atoms with van der Waals surface area (Å²) >= 11 is 0. The van der Waals surface area contributed by atoms with Crippen LogP contribution in [0.4, 0.5) is 0 Å². The Hall–Kier alpha value is -0.775. The summed E-state index contributed by atoms with van der Waals surface area (Å²) < 4.78 is 0. The molecule has 0 atom stereocenters. The number of hydrogen-bond acceptors (Lipinski definition) is 2. The molecule has 1 aromatic rings. The van der Waals surface area contributed by atoms with Crippen molar-refractivity contribution in [3.05, 3.63) is 35.4 Å². The molecule has 0 unspecified atom stereocenters. The van der Waals surface area contributed by atoms with E-state index in [4.69, 9.17) is 10.2 Å². The summed E-state index contributed by atoms with van der Waals surface area (Å²) in [6.45, 7) is 0. The Morgan fingerprint density at radius 3 is 1.21 bits per heavy atom. The molecule has 0 aliphatic rings. The first-order valence-electron chi connectivity index (χ1n) is 3.18. The van der Waals surface area contributed by atoms with Crippen molar-refractivity contribution in [1.29, 1.82) is 0 Å². The molecule has 14 heavy (non-hydrogen) atoms. The van der Waals surface area contributed by atoms with E-state index >= 15 is 0 Å². The third-order valence-electron chi connectivity index (χ3n) is 1.38. The molecule has 0 spiro atoms. The Kier molecular flexibility index (Phi) is 7.45. The van der Waals surface area contributed by atoms with Crippen LogP contribution in [0, 0.1) is 0 Å². The van der Waals surface area contributed by atoms with Crippen molar-refractivity contribution in [3.8, 4) is 0 Å². The molecule has 0 saturated carbocycles. The van der Waals surface area contributed by atoms with E-state index in [2.05, 4.69) is 0 Å². The van der Waals surface area contributed by atoms with Gasteiger partial charge in [-0.1, -0.05) is 8.41 Å². The van der Waals surface area contributed by atoms with Gasteiger partial charge in [0.05, 0.1) is 11.1 Å². The summed E-state index contributed by atoms with van der Waals surface area (Å²) in [7, 11) is 0. The molecule has 0 aliphatic carbocycles. The minimum absolute atomic E-state index is 0. The van der Waals surface area contributed by atoms with Gasteiger partial charge in [0.1, 0.15) is 0 Å². The van der Waals surface area contributed by atoms with E-state index in [1.165, 1.54) is 24.3 Å². The molecule has 1 rings (SSSR count). The van der Waals surface area contributed by atoms with Crippen molar-refractivity contribution in [3.63, 3.8) is 0 Å². The van der Waals surface area contributed by atoms with Gasteiger partial charge in [0.25, 0.3) is 0 Å². The first kappa shape index (κ1) is 15.7. The molecule has 1 aromatic carbocycles. The van der Waals surface area contributed by atoms with Gasteiger partial charge in [-0.2, -0.15) is 0 Å². The van der Waals surface area contributed by atoms with Crippen LogP contribution in [0.5, 0.6) is 0 Å². The van der Waals surface area contributed by atoms with Crippen molar-refractivity contribution in [2.24, 2.45) is 0 Å². The van der Waals surface area contributed by atoms with Crippen LogP contribution < -0.4 is 29.6 Å². The van der Waals surface area contributed by atoms with E-state index in [1.807, 2.05) is 0 Å². The summed E-state index contributed by atoms with van der Waals surface area (Å²) in [5.41, 5.74) is 0.167. The molecule has 6 heteroatoms. The van der Waals surface area contributed by atoms with Gasteiger partial charge in [0.15, 0.2) is 0 Å². The Morgan fingerprint density at radius 2 is 1.07 bits per heavy atom. The third kappa shape index (κ3) is 3.96. The monoisotopic (exact) mass is 204 g/mol. The Bertz CT molecular complexity index is 290. The van der Waals surface area contributed by atoms with Crippen LogP contribution in [0.25, 0.3) is 0 Å². The summed E-state index contributed by atoms with van der Waals surface area (Å²) in [4.78, 5) is 20.7. The molecule has 70 valence electrons. The average Bonchev–Trinajstić information content (AvgIpc) is 2.04. The maximum absolute atomic E-state index is 10.3. The van der Waals surface area contributed by atoms with E-state index in [9.17, 15) is 9.59 Å². The van der Waals surface area contributed by atoms with Crippen LogP contribution in [0.15, 0.2) is 24.3 Å². The normalized spacial score (nSPS) is 8.00. The van der Waals surface area contributed by atoms with Gasteiger partial charge in [-0.25, -0.2) is 9.59 Å². The zero-order valence-corrected chi connectivity index (χ0v) is 9.02. The van der Waals surface area contributed by atoms with Gasteiger partial charge < -0.3 is 10.2 Å². The Morgan fingerprint density at radius 1 is 0.857 bits per heavy atom. The van der Waals surface area contributed by atoms with Gasteiger partial charge in [0.2, 0.25) is 0 Å². The molecule has 0 bridgehead atoms. The van der Waals surface area contributed by atoms with Crippen LogP contribution in [0.2, 0.25) is 0 Å². The minimum Gasteiger partial charge on any atom is -0.478 e. The molecule has 0 heterocycles. The summed E-state index contributed by atoms with van der Waals surface area (Å²) in [6, 6.07) is 5.02. The fraction of sp³-hybridized carbons (Fsp3) is 0. The van der Waals surface area contributed by atoms with Crippen molar-refractivity contribution >= 4 is 20.4 Å². The van der Waals surface area contributed by atoms with Crippen LogP contribution in [-0.2, 0) is 0 Å². The van der Waals surface area contributed by atoms with E-state index in [1.54, 1.807) is 0 Å². The summed E-state index contributed by atoms with van der Waals surface area (Å²) in [6.07, 6.45) is 0. The van der Waals surface area contributed by atoms with Crippen LogP contribution in [-0.4, -0.2) is 30.6 Å². The second kappa shape index (κ2) is 6.65. The van der Waals surface area contributed by atoms with Gasteiger partial charge in [-0.15, -0.1) is 0 Å². The molecule has 0 saturated heterocycles. The van der Waals surface area contributed by atoms with Crippen molar-refractivity contribution in [2.45, 2.75) is 0 Å². The second-order valence-electron chi connectivity index (χ2n) is 2.19. The van der Waals surface area contributed by atoms with E-state index in [0.717, 1.165) is 0 Å². The van der Waals surface area contributed by atoms with Gasteiger partial charge in [0, 0.05) is 0 Å². The molecular formula is C8H10BNaO4. The average molecular weight is 204 g/mol. The second-order valence-corrected chi connectivity index (χ2v) is 2.19. The zero-order valence-electron chi connectivity index (χ0n) is 7.02. The number of rotatable bonds is 2. The molecule has 0 amide bonds. The quantitative estimate of drug-likeness (QED) is 0.493. The summed E-state index contributed by atoms with van der Waals surface area (Å²) in [5, 5.41) is 16.9. The van der Waals surface area contributed by atoms with Crippen LogP contribution in [0.1, 0.15) is 20.7 Å². The standard InChI is InChI=1S/C8H6O4.BH4.Na/c9-7(10)5-1-2-6(4-3-5)8(11)12;;/h1-4H,(H,9,10)(H,11,12);1H4;/q;-1;+1. The van der Waals surface area contributed by atoms with Crippen molar-refractivity contribution in [1.82, 2.24) is 0 Å². The summed E-state index contributed by atoms with van der Waals surface area (Å²) in [5.74, 6) is -2.13. The van der Waals surface area contributed by atoms with Gasteiger partial charge in [-0.3, -0.25) is 0 Å². The Labute approximate surface area is 105 Å². The Balaban J connectivity index is 0. The minimum atomic E-state index is -1.06.